The summed E-state index contributed by atoms with van der Waals surface area (Å²) < 4.78 is 5.29. The first-order valence-electron chi connectivity index (χ1n) is 8.51. The molecule has 3 rings (SSSR count). The van der Waals surface area contributed by atoms with Gasteiger partial charge in [-0.25, -0.2) is 0 Å². The minimum absolute atomic E-state index is 0.111. The van der Waals surface area contributed by atoms with Gasteiger partial charge in [0.15, 0.2) is 0 Å². The van der Waals surface area contributed by atoms with E-state index in [9.17, 15) is 9.59 Å². The van der Waals surface area contributed by atoms with E-state index in [1.54, 1.807) is 6.20 Å². The maximum Gasteiger partial charge on any atom is 0.271 e. The zero-order valence-corrected chi connectivity index (χ0v) is 16.1. The van der Waals surface area contributed by atoms with Gasteiger partial charge in [-0.2, -0.15) is 0 Å². The van der Waals surface area contributed by atoms with Gasteiger partial charge in [0.1, 0.15) is 11.2 Å². The quantitative estimate of drug-likeness (QED) is 0.800. The number of amides is 2. The highest BCUT2D eigenvalue weighted by Crippen LogP contribution is 2.21. The summed E-state index contributed by atoms with van der Waals surface area (Å²) in [5.41, 5.74) is 1.15. The molecular formula is C18H22ClN3O3S. The van der Waals surface area contributed by atoms with Crippen LogP contribution in [-0.2, 0) is 20.9 Å². The molecule has 2 amide bonds. The highest BCUT2D eigenvalue weighted by Gasteiger charge is 2.29. The van der Waals surface area contributed by atoms with Crippen LogP contribution in [0.2, 0.25) is 5.02 Å². The molecule has 140 valence electrons. The fraction of sp³-hybridized carbons (Fsp3) is 0.444. The summed E-state index contributed by atoms with van der Waals surface area (Å²) in [6, 6.07) is 7.57. The zero-order valence-electron chi connectivity index (χ0n) is 14.5. The standard InChI is InChI=1S/C18H22ClN3O3S/c1-26-18-21-17(24)15(20-16(23)13-6-8-25-9-7-13)11-22(18)10-12-2-4-14(19)5-3-12/h2-5,11,13,18H,6-10H2,1H3,(H,20,23)(H,21,24). The Kier molecular flexibility index (Phi) is 6.45. The number of hydrogen-bond acceptors (Lipinski definition) is 5. The summed E-state index contributed by atoms with van der Waals surface area (Å²) >= 11 is 7.46. The van der Waals surface area contributed by atoms with Crippen LogP contribution >= 0.6 is 23.4 Å². The van der Waals surface area contributed by atoms with Crippen LogP contribution in [0.25, 0.3) is 0 Å². The number of nitrogens with zero attached hydrogens (tertiary/aromatic N) is 1. The van der Waals surface area contributed by atoms with Gasteiger partial charge >= 0.3 is 0 Å². The van der Waals surface area contributed by atoms with E-state index in [4.69, 9.17) is 16.3 Å². The molecule has 0 aromatic heterocycles. The second-order valence-electron chi connectivity index (χ2n) is 6.28. The van der Waals surface area contributed by atoms with Crippen molar-refractivity contribution in [2.45, 2.75) is 24.9 Å². The topological polar surface area (TPSA) is 70.7 Å². The van der Waals surface area contributed by atoms with Crippen LogP contribution in [0.5, 0.6) is 0 Å². The first kappa shape index (κ1) is 19.1. The molecule has 0 radical (unpaired) electrons. The number of benzene rings is 1. The van der Waals surface area contributed by atoms with Crippen LogP contribution in [0.4, 0.5) is 0 Å². The monoisotopic (exact) mass is 395 g/mol. The third-order valence-electron chi connectivity index (χ3n) is 4.45. The average Bonchev–Trinajstić information content (AvgIpc) is 2.66. The van der Waals surface area contributed by atoms with Crippen molar-refractivity contribution < 1.29 is 14.3 Å². The Labute approximate surface area is 162 Å². The fourth-order valence-corrected chi connectivity index (χ4v) is 3.73. The van der Waals surface area contributed by atoms with E-state index >= 15 is 0 Å². The first-order valence-corrected chi connectivity index (χ1v) is 10.2. The molecule has 2 heterocycles. The van der Waals surface area contributed by atoms with E-state index in [1.165, 1.54) is 11.8 Å². The molecule has 1 atom stereocenters. The average molecular weight is 396 g/mol. The van der Waals surface area contributed by atoms with Crippen LogP contribution in [0.1, 0.15) is 18.4 Å². The predicted molar refractivity (Wildman–Crippen MR) is 102 cm³/mol. The minimum atomic E-state index is -0.267. The van der Waals surface area contributed by atoms with Crippen LogP contribution in [0.3, 0.4) is 0 Å². The van der Waals surface area contributed by atoms with Crippen LogP contribution in [-0.4, -0.2) is 41.7 Å². The molecular weight excluding hydrogens is 374 g/mol. The van der Waals surface area contributed by atoms with Crippen molar-refractivity contribution in [2.24, 2.45) is 5.92 Å². The van der Waals surface area contributed by atoms with E-state index in [0.717, 1.165) is 5.56 Å². The van der Waals surface area contributed by atoms with Crippen molar-refractivity contribution in [2.75, 3.05) is 19.5 Å². The number of nitrogens with one attached hydrogen (secondary N) is 2. The van der Waals surface area contributed by atoms with Gasteiger partial charge in [-0.1, -0.05) is 23.7 Å². The number of halogens is 1. The molecule has 0 bridgehead atoms. The van der Waals surface area contributed by atoms with E-state index < -0.39 is 0 Å². The van der Waals surface area contributed by atoms with Crippen molar-refractivity contribution in [1.82, 2.24) is 15.5 Å². The molecule has 26 heavy (non-hydrogen) atoms. The Morgan fingerprint density at radius 3 is 2.69 bits per heavy atom. The Bertz CT molecular complexity index is 689. The minimum Gasteiger partial charge on any atom is -0.381 e. The lowest BCUT2D eigenvalue weighted by molar-refractivity contribution is -0.129. The number of hydrogen-bond donors (Lipinski definition) is 2. The molecule has 8 heteroatoms. The SMILES string of the molecule is CSC1NC(=O)C(NC(=O)C2CCOCC2)=CN1Cc1ccc(Cl)cc1. The largest absolute Gasteiger partial charge is 0.381 e. The molecule has 0 saturated carbocycles. The Balaban J connectivity index is 1.72. The van der Waals surface area contributed by atoms with Gasteiger partial charge in [0.2, 0.25) is 5.91 Å². The second-order valence-corrected chi connectivity index (χ2v) is 7.63. The van der Waals surface area contributed by atoms with E-state index in [0.29, 0.717) is 37.6 Å². The van der Waals surface area contributed by atoms with Crippen molar-refractivity contribution in [3.8, 4) is 0 Å². The first-order chi connectivity index (χ1) is 12.6. The van der Waals surface area contributed by atoms with Crippen LogP contribution < -0.4 is 10.6 Å². The predicted octanol–water partition coefficient (Wildman–Crippen LogP) is 2.30. The highest BCUT2D eigenvalue weighted by atomic mass is 35.5. The summed E-state index contributed by atoms with van der Waals surface area (Å²) in [5.74, 6) is -0.499. The number of thioether (sulfide) groups is 1. The number of rotatable bonds is 5. The normalized spacial score (nSPS) is 21.2. The third kappa shape index (κ3) is 4.72. The maximum atomic E-state index is 12.4. The van der Waals surface area contributed by atoms with Gasteiger partial charge in [0.25, 0.3) is 5.91 Å². The molecule has 2 aliphatic heterocycles. The lowest BCUT2D eigenvalue weighted by Crippen LogP contribution is -2.51. The molecule has 1 aromatic rings. The zero-order chi connectivity index (χ0) is 18.5. The molecule has 1 unspecified atom stereocenters. The summed E-state index contributed by atoms with van der Waals surface area (Å²) in [7, 11) is 0. The highest BCUT2D eigenvalue weighted by molar-refractivity contribution is 7.99. The lowest BCUT2D eigenvalue weighted by atomic mass is 9.99. The summed E-state index contributed by atoms with van der Waals surface area (Å²) in [5, 5.41) is 6.40. The number of carbonyl (C=O) groups excluding carboxylic acids is 2. The Morgan fingerprint density at radius 1 is 1.35 bits per heavy atom. The lowest BCUT2D eigenvalue weighted by Gasteiger charge is -2.35. The molecule has 1 aromatic carbocycles. The van der Waals surface area contributed by atoms with Crippen LogP contribution in [0.15, 0.2) is 36.2 Å². The second kappa shape index (κ2) is 8.79. The van der Waals surface area contributed by atoms with Crippen molar-refractivity contribution in [3.05, 3.63) is 46.7 Å². The van der Waals surface area contributed by atoms with Gasteiger partial charge < -0.3 is 20.3 Å². The molecule has 1 fully saturated rings. The van der Waals surface area contributed by atoms with Gasteiger partial charge in [0.05, 0.1) is 0 Å². The molecule has 1 saturated heterocycles. The Morgan fingerprint density at radius 2 is 2.04 bits per heavy atom. The van der Waals surface area contributed by atoms with Gasteiger partial charge in [-0.15, -0.1) is 11.8 Å². The summed E-state index contributed by atoms with van der Waals surface area (Å²) in [6.45, 7) is 1.76. The van der Waals surface area contributed by atoms with E-state index in [2.05, 4.69) is 10.6 Å². The van der Waals surface area contributed by atoms with Crippen LogP contribution in [0, 0.1) is 5.92 Å². The van der Waals surface area contributed by atoms with Gasteiger partial charge in [0, 0.05) is 36.9 Å². The van der Waals surface area contributed by atoms with E-state index in [-0.39, 0.29) is 28.9 Å². The van der Waals surface area contributed by atoms with Crippen molar-refractivity contribution in [1.29, 1.82) is 0 Å². The molecule has 0 spiro atoms. The fourth-order valence-electron chi connectivity index (χ4n) is 2.97. The van der Waals surface area contributed by atoms with Crippen molar-refractivity contribution >= 4 is 35.2 Å². The van der Waals surface area contributed by atoms with Crippen molar-refractivity contribution in [3.63, 3.8) is 0 Å². The summed E-state index contributed by atoms with van der Waals surface area (Å²) in [4.78, 5) is 26.8. The Hall–Kier alpha value is -1.70. The molecule has 2 aliphatic rings. The van der Waals surface area contributed by atoms with E-state index in [1.807, 2.05) is 35.4 Å². The summed E-state index contributed by atoms with van der Waals surface area (Å²) in [6.07, 6.45) is 5.02. The molecule has 0 aliphatic carbocycles. The number of carbonyl (C=O) groups is 2. The van der Waals surface area contributed by atoms with Gasteiger partial charge in [-0.3, -0.25) is 9.59 Å². The smallest absolute Gasteiger partial charge is 0.271 e. The van der Waals surface area contributed by atoms with Gasteiger partial charge in [-0.05, 0) is 36.8 Å². The maximum absolute atomic E-state index is 12.4. The third-order valence-corrected chi connectivity index (χ3v) is 5.53. The molecule has 6 nitrogen and oxygen atoms in total. The molecule has 2 N–H and O–H groups in total. The number of ether oxygens (including phenoxy) is 1.